The van der Waals surface area contributed by atoms with Gasteiger partial charge in [0, 0.05) is 6.42 Å². The minimum Gasteiger partial charge on any atom is -0.481 e. The van der Waals surface area contributed by atoms with Gasteiger partial charge >= 0.3 is 5.97 Å². The first-order valence-corrected chi connectivity index (χ1v) is 9.92. The predicted octanol–water partition coefficient (Wildman–Crippen LogP) is 6.97. The van der Waals surface area contributed by atoms with E-state index in [1.807, 2.05) is 0 Å². The Morgan fingerprint density at radius 2 is 1.14 bits per heavy atom. The Morgan fingerprint density at radius 3 is 1.45 bits per heavy atom. The fraction of sp³-hybridized carbons (Fsp3) is 0.950. The van der Waals surface area contributed by atoms with Crippen molar-refractivity contribution in [3.63, 3.8) is 0 Å². The molecule has 1 fully saturated rings. The van der Waals surface area contributed by atoms with Crippen molar-refractivity contribution < 1.29 is 9.90 Å². The molecule has 0 unspecified atom stereocenters. The Hall–Kier alpha value is -0.530. The highest BCUT2D eigenvalue weighted by Gasteiger charge is 2.19. The van der Waals surface area contributed by atoms with Crippen LogP contribution >= 0.6 is 0 Å². The summed E-state index contributed by atoms with van der Waals surface area (Å²) in [7, 11) is 0. The van der Waals surface area contributed by atoms with Gasteiger partial charge in [-0.25, -0.2) is 0 Å². The third kappa shape index (κ3) is 19.5. The second kappa shape index (κ2) is 16.8. The van der Waals surface area contributed by atoms with Gasteiger partial charge in [-0.1, -0.05) is 110 Å². The van der Waals surface area contributed by atoms with E-state index in [4.69, 9.17) is 5.11 Å². The number of carbonyl (C=O) groups is 1. The highest BCUT2D eigenvalue weighted by Crippen LogP contribution is 2.34. The maximum Gasteiger partial charge on any atom is 0.303 e. The molecule has 1 aliphatic rings. The molecule has 0 spiro atoms. The molecule has 132 valence electrons. The number of carboxylic acids is 1. The Balaban J connectivity index is 0.000000763. The molecular weight excluding hydrogens is 272 g/mol. The van der Waals surface area contributed by atoms with Crippen molar-refractivity contribution in [2.24, 2.45) is 5.92 Å². The number of hydrogen-bond donors (Lipinski definition) is 1. The van der Waals surface area contributed by atoms with Gasteiger partial charge in [0.25, 0.3) is 0 Å². The van der Waals surface area contributed by atoms with Gasteiger partial charge in [0.1, 0.15) is 0 Å². The molecule has 0 atom stereocenters. The molecule has 0 radical (unpaired) electrons. The molecule has 0 aromatic heterocycles. The second-order valence-electron chi connectivity index (χ2n) is 6.87. The van der Waals surface area contributed by atoms with Crippen LogP contribution in [-0.2, 0) is 4.79 Å². The molecule has 0 aromatic rings. The molecule has 22 heavy (non-hydrogen) atoms. The molecule has 0 aromatic carbocycles. The van der Waals surface area contributed by atoms with Crippen LogP contribution in [0.3, 0.4) is 0 Å². The number of carboxylic acid groups (broad SMARTS) is 1. The summed E-state index contributed by atoms with van der Waals surface area (Å²) >= 11 is 0. The van der Waals surface area contributed by atoms with E-state index in [1.165, 1.54) is 96.3 Å². The van der Waals surface area contributed by atoms with Crippen LogP contribution in [0.25, 0.3) is 0 Å². The molecule has 1 aliphatic carbocycles. The van der Waals surface area contributed by atoms with Crippen LogP contribution in [-0.4, -0.2) is 11.1 Å². The van der Waals surface area contributed by atoms with E-state index in [2.05, 4.69) is 6.92 Å². The molecule has 0 amide bonds. The molecule has 1 rings (SSSR count). The first-order chi connectivity index (χ1) is 10.7. The first kappa shape index (κ1) is 21.5. The van der Waals surface area contributed by atoms with Crippen molar-refractivity contribution in [1.29, 1.82) is 0 Å². The second-order valence-corrected chi connectivity index (χ2v) is 6.87. The predicted molar refractivity (Wildman–Crippen MR) is 96.3 cm³/mol. The largest absolute Gasteiger partial charge is 0.481 e. The van der Waals surface area contributed by atoms with Crippen LogP contribution in [0, 0.1) is 5.92 Å². The van der Waals surface area contributed by atoms with E-state index < -0.39 is 5.97 Å². The van der Waals surface area contributed by atoms with E-state index in [1.54, 1.807) is 6.92 Å². The Labute approximate surface area is 139 Å². The molecular formula is C20H40O2. The fourth-order valence-electron chi connectivity index (χ4n) is 2.68. The maximum absolute atomic E-state index is 9.37. The van der Waals surface area contributed by atoms with E-state index in [9.17, 15) is 4.79 Å². The van der Waals surface area contributed by atoms with Gasteiger partial charge in [-0.05, 0) is 5.92 Å². The SMILES string of the molecule is CCC(=O)O.CCCCCCCCCCCCCCC1CC1. The average molecular weight is 313 g/mol. The monoisotopic (exact) mass is 312 g/mol. The summed E-state index contributed by atoms with van der Waals surface area (Å²) in [5.74, 6) is 0.406. The third-order valence-electron chi connectivity index (χ3n) is 4.47. The van der Waals surface area contributed by atoms with Crippen molar-refractivity contribution in [3.05, 3.63) is 0 Å². The highest BCUT2D eigenvalue weighted by atomic mass is 16.4. The van der Waals surface area contributed by atoms with Crippen LogP contribution in [0.1, 0.15) is 117 Å². The van der Waals surface area contributed by atoms with Crippen molar-refractivity contribution >= 4 is 5.97 Å². The van der Waals surface area contributed by atoms with Gasteiger partial charge in [-0.15, -0.1) is 0 Å². The van der Waals surface area contributed by atoms with Crippen molar-refractivity contribution in [2.75, 3.05) is 0 Å². The lowest BCUT2D eigenvalue weighted by Gasteiger charge is -2.02. The summed E-state index contributed by atoms with van der Waals surface area (Å²) in [4.78, 5) is 9.37. The van der Waals surface area contributed by atoms with Crippen molar-refractivity contribution in [1.82, 2.24) is 0 Å². The molecule has 2 heteroatoms. The Bertz CT molecular complexity index is 234. The fourth-order valence-corrected chi connectivity index (χ4v) is 2.68. The molecule has 2 nitrogen and oxygen atoms in total. The number of hydrogen-bond acceptors (Lipinski definition) is 1. The lowest BCUT2D eigenvalue weighted by Crippen LogP contribution is -1.86. The first-order valence-electron chi connectivity index (χ1n) is 9.92. The average Bonchev–Trinajstić information content (AvgIpc) is 3.33. The molecule has 0 aliphatic heterocycles. The van der Waals surface area contributed by atoms with Crippen LogP contribution < -0.4 is 0 Å². The van der Waals surface area contributed by atoms with Gasteiger partial charge < -0.3 is 5.11 Å². The maximum atomic E-state index is 9.37. The summed E-state index contributed by atoms with van der Waals surface area (Å²) in [5.41, 5.74) is 0. The van der Waals surface area contributed by atoms with Gasteiger partial charge in [0.2, 0.25) is 0 Å². The van der Waals surface area contributed by atoms with Crippen LogP contribution in [0.2, 0.25) is 0 Å². The number of unbranched alkanes of at least 4 members (excludes halogenated alkanes) is 11. The molecule has 0 saturated heterocycles. The molecule has 1 N–H and O–H groups in total. The topological polar surface area (TPSA) is 37.3 Å². The van der Waals surface area contributed by atoms with Crippen molar-refractivity contribution in [3.8, 4) is 0 Å². The van der Waals surface area contributed by atoms with E-state index in [0.717, 1.165) is 5.92 Å². The summed E-state index contributed by atoms with van der Waals surface area (Å²) in [5, 5.41) is 7.72. The third-order valence-corrected chi connectivity index (χ3v) is 4.47. The van der Waals surface area contributed by atoms with Crippen molar-refractivity contribution in [2.45, 2.75) is 117 Å². The highest BCUT2D eigenvalue weighted by molar-refractivity contribution is 5.66. The van der Waals surface area contributed by atoms with Crippen LogP contribution in [0.4, 0.5) is 0 Å². The zero-order valence-corrected chi connectivity index (χ0v) is 15.2. The zero-order valence-electron chi connectivity index (χ0n) is 15.2. The van der Waals surface area contributed by atoms with Gasteiger partial charge in [0.15, 0.2) is 0 Å². The van der Waals surface area contributed by atoms with Gasteiger partial charge in [-0.2, -0.15) is 0 Å². The summed E-state index contributed by atoms with van der Waals surface area (Å²) < 4.78 is 0. The lowest BCUT2D eigenvalue weighted by atomic mass is 10.0. The molecule has 0 heterocycles. The summed E-state index contributed by atoms with van der Waals surface area (Å²) in [6.45, 7) is 3.89. The lowest BCUT2D eigenvalue weighted by molar-refractivity contribution is -0.136. The number of rotatable bonds is 14. The van der Waals surface area contributed by atoms with Gasteiger partial charge in [0.05, 0.1) is 0 Å². The van der Waals surface area contributed by atoms with Gasteiger partial charge in [-0.3, -0.25) is 4.79 Å². The minimum absolute atomic E-state index is 0.222. The summed E-state index contributed by atoms with van der Waals surface area (Å²) in [6.07, 6.45) is 22.6. The zero-order chi connectivity index (χ0) is 16.5. The normalized spacial score (nSPS) is 13.5. The van der Waals surface area contributed by atoms with E-state index in [-0.39, 0.29) is 6.42 Å². The van der Waals surface area contributed by atoms with Crippen LogP contribution in [0.5, 0.6) is 0 Å². The molecule has 0 bridgehead atoms. The smallest absolute Gasteiger partial charge is 0.303 e. The van der Waals surface area contributed by atoms with E-state index >= 15 is 0 Å². The Morgan fingerprint density at radius 1 is 0.773 bits per heavy atom. The van der Waals surface area contributed by atoms with E-state index in [0.29, 0.717) is 0 Å². The number of aliphatic carboxylic acids is 1. The summed E-state index contributed by atoms with van der Waals surface area (Å²) in [6, 6.07) is 0. The van der Waals surface area contributed by atoms with Crippen LogP contribution in [0.15, 0.2) is 0 Å². The Kier molecular flexibility index (Phi) is 16.4. The quantitative estimate of drug-likeness (QED) is 0.352. The standard InChI is InChI=1S/C17H34.C3H6O2/c1-2-3-4-5-6-7-8-9-10-11-12-13-14-17-15-16-17;1-2-3(4)5/h17H,2-16H2,1H3;2H2,1H3,(H,4,5). The minimum atomic E-state index is -0.745. The molecule has 1 saturated carbocycles.